The Morgan fingerprint density at radius 3 is 2.62 bits per heavy atom. The molecule has 2 rings (SSSR count). The molecule has 0 saturated heterocycles. The molecule has 0 spiro atoms. The van der Waals surface area contributed by atoms with Crippen molar-refractivity contribution in [3.63, 3.8) is 0 Å². The highest BCUT2D eigenvalue weighted by atomic mass is 79.9. The number of nitro benzene ring substituents is 1. The molecule has 0 heterocycles. The summed E-state index contributed by atoms with van der Waals surface area (Å²) >= 11 is 3.44. The monoisotopic (exact) mass is 414 g/mol. The van der Waals surface area contributed by atoms with Crippen molar-refractivity contribution < 1.29 is 14.4 Å². The average molecular weight is 415 g/mol. The van der Waals surface area contributed by atoms with Crippen LogP contribution in [0.15, 0.2) is 53.5 Å². The number of non-ortho nitro benzene ring substituents is 1. The van der Waals surface area contributed by atoms with Gasteiger partial charge in [0.1, 0.15) is 6.61 Å². The van der Waals surface area contributed by atoms with Gasteiger partial charge in [0.25, 0.3) is 5.69 Å². The lowest BCUT2D eigenvalue weighted by molar-refractivity contribution is -0.384. The quantitative estimate of drug-likeness (QED) is 0.209. The largest absolute Gasteiger partial charge is 0.493 e. The minimum atomic E-state index is -0.483. The molecular weight excluding hydrogens is 400 g/mol. The van der Waals surface area contributed by atoms with Crippen LogP contribution in [-0.2, 0) is 0 Å². The van der Waals surface area contributed by atoms with Gasteiger partial charge in [0.15, 0.2) is 11.5 Å². The van der Waals surface area contributed by atoms with Crippen molar-refractivity contribution in [2.45, 2.75) is 0 Å². The van der Waals surface area contributed by atoms with Crippen LogP contribution in [0.3, 0.4) is 0 Å². The summed E-state index contributed by atoms with van der Waals surface area (Å²) in [5.41, 5.74) is 1.64. The summed E-state index contributed by atoms with van der Waals surface area (Å²) in [5, 5.41) is 20.2. The van der Waals surface area contributed by atoms with E-state index >= 15 is 0 Å². The van der Waals surface area contributed by atoms with Crippen LogP contribution in [0.4, 0.5) is 5.69 Å². The smallest absolute Gasteiger partial charge is 0.269 e. The van der Waals surface area contributed by atoms with E-state index in [2.05, 4.69) is 28.6 Å². The Labute approximate surface area is 159 Å². The summed E-state index contributed by atoms with van der Waals surface area (Å²) in [6, 6.07) is 11.5. The molecular formula is C19H15BrN2O4. The van der Waals surface area contributed by atoms with Crippen LogP contribution in [0.25, 0.3) is 11.6 Å². The molecule has 0 saturated carbocycles. The van der Waals surface area contributed by atoms with Crippen LogP contribution in [0, 0.1) is 21.4 Å². The van der Waals surface area contributed by atoms with E-state index in [0.717, 1.165) is 5.56 Å². The van der Waals surface area contributed by atoms with Crippen molar-refractivity contribution >= 4 is 33.3 Å². The standard InChI is InChI=1S/C19H15BrN2O4/c1-3-8-26-19-17(20)10-13(11-18(19)25-2)9-15(12-21)14-4-6-16(7-5-14)22(23)24/h3-7,9-11H,1,8H2,2H3/b15-9-. The van der Waals surface area contributed by atoms with Crippen molar-refractivity contribution in [1.82, 2.24) is 0 Å². The summed E-state index contributed by atoms with van der Waals surface area (Å²) in [6.07, 6.45) is 3.30. The van der Waals surface area contributed by atoms with Gasteiger partial charge in [0, 0.05) is 12.1 Å². The van der Waals surface area contributed by atoms with Gasteiger partial charge in [0.05, 0.1) is 28.1 Å². The molecule has 0 atom stereocenters. The highest BCUT2D eigenvalue weighted by molar-refractivity contribution is 9.10. The van der Waals surface area contributed by atoms with Crippen molar-refractivity contribution in [2.75, 3.05) is 13.7 Å². The van der Waals surface area contributed by atoms with E-state index < -0.39 is 4.92 Å². The van der Waals surface area contributed by atoms with E-state index in [4.69, 9.17) is 9.47 Å². The maximum atomic E-state index is 10.7. The van der Waals surface area contributed by atoms with Gasteiger partial charge in [-0.2, -0.15) is 5.26 Å². The second-order valence-electron chi connectivity index (χ2n) is 5.11. The van der Waals surface area contributed by atoms with Gasteiger partial charge in [-0.05, 0) is 57.4 Å². The van der Waals surface area contributed by atoms with E-state index in [1.54, 1.807) is 36.4 Å². The third kappa shape index (κ3) is 4.49. The number of allylic oxidation sites excluding steroid dienone is 1. The Kier molecular flexibility index (Phi) is 6.53. The predicted octanol–water partition coefficient (Wildman–Crippen LogP) is 4.99. The number of nitro groups is 1. The summed E-state index contributed by atoms with van der Waals surface area (Å²) in [4.78, 5) is 10.3. The molecule has 0 N–H and O–H groups in total. The van der Waals surface area contributed by atoms with Crippen LogP contribution in [0.2, 0.25) is 0 Å². The number of rotatable bonds is 7. The first-order chi connectivity index (χ1) is 12.5. The van der Waals surface area contributed by atoms with Crippen LogP contribution in [-0.4, -0.2) is 18.6 Å². The van der Waals surface area contributed by atoms with E-state index in [1.165, 1.54) is 19.2 Å². The van der Waals surface area contributed by atoms with Crippen LogP contribution >= 0.6 is 15.9 Å². The first kappa shape index (κ1) is 19.2. The Morgan fingerprint density at radius 1 is 1.38 bits per heavy atom. The van der Waals surface area contributed by atoms with E-state index in [-0.39, 0.29) is 5.69 Å². The van der Waals surface area contributed by atoms with Crippen molar-refractivity contribution in [1.29, 1.82) is 5.26 Å². The van der Waals surface area contributed by atoms with Crippen LogP contribution < -0.4 is 9.47 Å². The molecule has 2 aromatic carbocycles. The van der Waals surface area contributed by atoms with Gasteiger partial charge in [-0.3, -0.25) is 10.1 Å². The Bertz CT molecular complexity index is 899. The van der Waals surface area contributed by atoms with E-state index in [1.807, 2.05) is 0 Å². The molecule has 0 bridgehead atoms. The molecule has 0 fully saturated rings. The zero-order valence-corrected chi connectivity index (χ0v) is 15.5. The number of hydrogen-bond donors (Lipinski definition) is 0. The lowest BCUT2D eigenvalue weighted by Gasteiger charge is -2.12. The minimum Gasteiger partial charge on any atom is -0.493 e. The van der Waals surface area contributed by atoms with Crippen molar-refractivity contribution in [2.24, 2.45) is 0 Å². The Hall–Kier alpha value is -3.11. The fourth-order valence-electron chi connectivity index (χ4n) is 2.21. The molecule has 0 aliphatic carbocycles. The maximum absolute atomic E-state index is 10.7. The summed E-state index contributed by atoms with van der Waals surface area (Å²) in [7, 11) is 1.53. The predicted molar refractivity (Wildman–Crippen MR) is 103 cm³/mol. The summed E-state index contributed by atoms with van der Waals surface area (Å²) in [5.74, 6) is 1.05. The number of ether oxygens (including phenoxy) is 2. The molecule has 0 aromatic heterocycles. The molecule has 0 unspecified atom stereocenters. The first-order valence-electron chi connectivity index (χ1n) is 7.48. The lowest BCUT2D eigenvalue weighted by Crippen LogP contribution is -1.98. The van der Waals surface area contributed by atoms with Crippen molar-refractivity contribution in [3.05, 3.63) is 74.8 Å². The number of benzene rings is 2. The minimum absolute atomic E-state index is 0.0285. The van der Waals surface area contributed by atoms with E-state index in [9.17, 15) is 15.4 Å². The number of nitrogens with zero attached hydrogens (tertiary/aromatic N) is 2. The highest BCUT2D eigenvalue weighted by Gasteiger charge is 2.12. The van der Waals surface area contributed by atoms with Gasteiger partial charge >= 0.3 is 0 Å². The van der Waals surface area contributed by atoms with Gasteiger partial charge in [-0.25, -0.2) is 0 Å². The average Bonchev–Trinajstić information content (AvgIpc) is 2.64. The molecule has 0 radical (unpaired) electrons. The summed E-state index contributed by atoms with van der Waals surface area (Å²) < 4.78 is 11.6. The second kappa shape index (κ2) is 8.83. The molecule has 2 aromatic rings. The number of hydrogen-bond acceptors (Lipinski definition) is 5. The van der Waals surface area contributed by atoms with Crippen molar-refractivity contribution in [3.8, 4) is 17.6 Å². The zero-order chi connectivity index (χ0) is 19.1. The molecule has 7 heteroatoms. The van der Waals surface area contributed by atoms with E-state index in [0.29, 0.717) is 33.7 Å². The molecule has 0 aliphatic heterocycles. The summed E-state index contributed by atoms with van der Waals surface area (Å²) in [6.45, 7) is 3.94. The van der Waals surface area contributed by atoms with Gasteiger partial charge in [-0.1, -0.05) is 12.7 Å². The lowest BCUT2D eigenvalue weighted by atomic mass is 10.0. The van der Waals surface area contributed by atoms with Gasteiger partial charge < -0.3 is 9.47 Å². The Balaban J connectivity index is 2.42. The number of methoxy groups -OCH3 is 1. The molecule has 132 valence electrons. The molecule has 0 amide bonds. The normalized spacial score (nSPS) is 10.7. The van der Waals surface area contributed by atoms with Crippen LogP contribution in [0.5, 0.6) is 11.5 Å². The number of halogens is 1. The maximum Gasteiger partial charge on any atom is 0.269 e. The fraction of sp³-hybridized carbons (Fsp3) is 0.105. The third-order valence-corrected chi connectivity index (χ3v) is 4.01. The van der Waals surface area contributed by atoms with Gasteiger partial charge in [-0.15, -0.1) is 0 Å². The molecule has 6 nitrogen and oxygen atoms in total. The Morgan fingerprint density at radius 2 is 2.08 bits per heavy atom. The fourth-order valence-corrected chi connectivity index (χ4v) is 2.79. The topological polar surface area (TPSA) is 85.4 Å². The second-order valence-corrected chi connectivity index (χ2v) is 5.96. The SMILES string of the molecule is C=CCOc1c(Br)cc(/C=C(/C#N)c2ccc([N+](=O)[O-])cc2)cc1OC. The van der Waals surface area contributed by atoms with Crippen LogP contribution in [0.1, 0.15) is 11.1 Å². The first-order valence-corrected chi connectivity index (χ1v) is 8.27. The zero-order valence-electron chi connectivity index (χ0n) is 13.9. The highest BCUT2D eigenvalue weighted by Crippen LogP contribution is 2.37. The number of nitriles is 1. The molecule has 0 aliphatic rings. The van der Waals surface area contributed by atoms with Gasteiger partial charge in [0.2, 0.25) is 0 Å². The third-order valence-electron chi connectivity index (χ3n) is 3.42. The molecule has 26 heavy (non-hydrogen) atoms.